The van der Waals surface area contributed by atoms with E-state index in [9.17, 15) is 0 Å². The third kappa shape index (κ3) is 3.49. The molecule has 1 N–H and O–H groups in total. The Morgan fingerprint density at radius 2 is 1.88 bits per heavy atom. The van der Waals surface area contributed by atoms with Crippen molar-refractivity contribution in [2.45, 2.75) is 6.61 Å². The summed E-state index contributed by atoms with van der Waals surface area (Å²) in [7, 11) is 1.89. The van der Waals surface area contributed by atoms with Crippen LogP contribution in [0.1, 0.15) is 5.56 Å². The van der Waals surface area contributed by atoms with Gasteiger partial charge in [-0.25, -0.2) is 0 Å². The van der Waals surface area contributed by atoms with Crippen molar-refractivity contribution in [3.8, 4) is 5.75 Å². The summed E-state index contributed by atoms with van der Waals surface area (Å²) in [6.07, 6.45) is 0. The van der Waals surface area contributed by atoms with Gasteiger partial charge in [-0.2, -0.15) is 0 Å². The molecule has 0 aliphatic rings. The smallest absolute Gasteiger partial charge is 0.122 e. The average molecular weight is 292 g/mol. The number of nitrogens with one attached hydrogen (secondary N) is 1. The first-order valence-corrected chi connectivity index (χ1v) is 6.22. The van der Waals surface area contributed by atoms with Crippen LogP contribution in [-0.2, 0) is 6.61 Å². The zero-order valence-corrected chi connectivity index (χ0v) is 11.2. The highest BCUT2D eigenvalue weighted by atomic mass is 79.9. The molecule has 0 amide bonds. The summed E-state index contributed by atoms with van der Waals surface area (Å²) < 4.78 is 6.75. The third-order valence-corrected chi connectivity index (χ3v) is 2.87. The van der Waals surface area contributed by atoms with Gasteiger partial charge in [-0.05, 0) is 17.7 Å². The molecule has 0 bridgehead atoms. The molecule has 3 heteroatoms. The average Bonchev–Trinajstić information content (AvgIpc) is 2.37. The highest BCUT2D eigenvalue weighted by Gasteiger charge is 2.00. The van der Waals surface area contributed by atoms with Crippen molar-refractivity contribution in [3.63, 3.8) is 0 Å². The first kappa shape index (κ1) is 12.0. The van der Waals surface area contributed by atoms with Crippen LogP contribution in [0.2, 0.25) is 0 Å². The van der Waals surface area contributed by atoms with E-state index < -0.39 is 0 Å². The molecule has 0 spiro atoms. The number of ether oxygens (including phenoxy) is 1. The van der Waals surface area contributed by atoms with Gasteiger partial charge in [0.15, 0.2) is 0 Å². The summed E-state index contributed by atoms with van der Waals surface area (Å²) in [6.45, 7) is 0.584. The van der Waals surface area contributed by atoms with E-state index in [0.29, 0.717) is 6.61 Å². The molecule has 0 unspecified atom stereocenters. The summed E-state index contributed by atoms with van der Waals surface area (Å²) >= 11 is 3.46. The Balaban J connectivity index is 2.06. The van der Waals surface area contributed by atoms with Gasteiger partial charge in [-0.15, -0.1) is 0 Å². The number of halogens is 1. The fourth-order valence-electron chi connectivity index (χ4n) is 1.53. The van der Waals surface area contributed by atoms with Gasteiger partial charge < -0.3 is 10.1 Å². The first-order chi connectivity index (χ1) is 8.28. The summed E-state index contributed by atoms with van der Waals surface area (Å²) in [6, 6.07) is 16.1. The second kappa shape index (κ2) is 5.73. The molecule has 88 valence electrons. The predicted molar refractivity (Wildman–Crippen MR) is 74.5 cm³/mol. The summed E-state index contributed by atoms with van der Waals surface area (Å²) in [5.74, 6) is 0.854. The van der Waals surface area contributed by atoms with Crippen molar-refractivity contribution >= 4 is 21.6 Å². The zero-order chi connectivity index (χ0) is 12.1. The van der Waals surface area contributed by atoms with E-state index in [-0.39, 0.29) is 0 Å². The third-order valence-electron chi connectivity index (χ3n) is 2.41. The summed E-state index contributed by atoms with van der Waals surface area (Å²) in [4.78, 5) is 0. The van der Waals surface area contributed by atoms with E-state index in [1.54, 1.807) is 0 Å². The Hall–Kier alpha value is -1.48. The summed E-state index contributed by atoms with van der Waals surface area (Å²) in [5.41, 5.74) is 2.20. The van der Waals surface area contributed by atoms with Crippen LogP contribution >= 0.6 is 15.9 Å². The van der Waals surface area contributed by atoms with Crippen LogP contribution in [0.15, 0.2) is 53.0 Å². The highest BCUT2D eigenvalue weighted by molar-refractivity contribution is 9.10. The second-order valence-electron chi connectivity index (χ2n) is 3.70. The Labute approximate surface area is 110 Å². The predicted octanol–water partition coefficient (Wildman–Crippen LogP) is 4.07. The van der Waals surface area contributed by atoms with Crippen LogP contribution in [-0.4, -0.2) is 7.05 Å². The van der Waals surface area contributed by atoms with E-state index in [1.807, 2.05) is 43.4 Å². The Kier molecular flexibility index (Phi) is 4.04. The minimum atomic E-state index is 0.584. The largest absolute Gasteiger partial charge is 0.489 e. The molecule has 0 heterocycles. The number of hydrogen-bond acceptors (Lipinski definition) is 2. The SMILES string of the molecule is CNc1cc(Br)cc(OCc2ccccc2)c1. The normalized spacial score (nSPS) is 10.0. The van der Waals surface area contributed by atoms with Gasteiger partial charge in [0.2, 0.25) is 0 Å². The van der Waals surface area contributed by atoms with Crippen LogP contribution in [0.5, 0.6) is 5.75 Å². The fourth-order valence-corrected chi connectivity index (χ4v) is 2.00. The lowest BCUT2D eigenvalue weighted by Gasteiger charge is -2.09. The van der Waals surface area contributed by atoms with Crippen LogP contribution in [0.3, 0.4) is 0 Å². The molecular weight excluding hydrogens is 278 g/mol. The van der Waals surface area contributed by atoms with Gasteiger partial charge in [-0.1, -0.05) is 46.3 Å². The first-order valence-electron chi connectivity index (χ1n) is 5.43. The van der Waals surface area contributed by atoms with Gasteiger partial charge >= 0.3 is 0 Å². The van der Waals surface area contributed by atoms with Crippen molar-refractivity contribution in [1.29, 1.82) is 0 Å². The van der Waals surface area contributed by atoms with Gasteiger partial charge in [0.25, 0.3) is 0 Å². The standard InChI is InChI=1S/C14H14BrNO/c1-16-13-7-12(15)8-14(9-13)17-10-11-5-3-2-4-6-11/h2-9,16H,10H2,1H3. The van der Waals surface area contributed by atoms with Crippen molar-refractivity contribution in [3.05, 3.63) is 58.6 Å². The maximum Gasteiger partial charge on any atom is 0.122 e. The van der Waals surface area contributed by atoms with Crippen LogP contribution in [0.25, 0.3) is 0 Å². The number of benzene rings is 2. The van der Waals surface area contributed by atoms with Crippen molar-refractivity contribution < 1.29 is 4.74 Å². The number of anilines is 1. The highest BCUT2D eigenvalue weighted by Crippen LogP contribution is 2.25. The number of hydrogen-bond donors (Lipinski definition) is 1. The molecule has 2 rings (SSSR count). The van der Waals surface area contributed by atoms with Crippen molar-refractivity contribution in [2.75, 3.05) is 12.4 Å². The van der Waals surface area contributed by atoms with E-state index in [2.05, 4.69) is 33.4 Å². The van der Waals surface area contributed by atoms with Crippen molar-refractivity contribution in [1.82, 2.24) is 0 Å². The van der Waals surface area contributed by atoms with Gasteiger partial charge in [0.05, 0.1) is 0 Å². The minimum Gasteiger partial charge on any atom is -0.489 e. The molecule has 0 fully saturated rings. The molecule has 17 heavy (non-hydrogen) atoms. The van der Waals surface area contributed by atoms with E-state index >= 15 is 0 Å². The molecular formula is C14H14BrNO. The molecule has 2 aromatic carbocycles. The second-order valence-corrected chi connectivity index (χ2v) is 4.62. The molecule has 0 saturated carbocycles. The van der Waals surface area contributed by atoms with Gasteiger partial charge in [0, 0.05) is 23.3 Å². The maximum absolute atomic E-state index is 5.75. The molecule has 0 aliphatic heterocycles. The lowest BCUT2D eigenvalue weighted by atomic mass is 10.2. The Morgan fingerprint density at radius 1 is 1.12 bits per heavy atom. The van der Waals surface area contributed by atoms with E-state index in [1.165, 1.54) is 5.56 Å². The van der Waals surface area contributed by atoms with Crippen LogP contribution in [0, 0.1) is 0 Å². The maximum atomic E-state index is 5.75. The zero-order valence-electron chi connectivity index (χ0n) is 9.61. The Morgan fingerprint density at radius 3 is 2.59 bits per heavy atom. The monoisotopic (exact) mass is 291 g/mol. The topological polar surface area (TPSA) is 21.3 Å². The molecule has 0 saturated heterocycles. The Bertz CT molecular complexity index is 485. The molecule has 0 atom stereocenters. The number of rotatable bonds is 4. The molecule has 0 aliphatic carbocycles. The van der Waals surface area contributed by atoms with Gasteiger partial charge in [0.1, 0.15) is 12.4 Å². The lowest BCUT2D eigenvalue weighted by molar-refractivity contribution is 0.306. The fraction of sp³-hybridized carbons (Fsp3) is 0.143. The van der Waals surface area contributed by atoms with Crippen LogP contribution < -0.4 is 10.1 Å². The quantitative estimate of drug-likeness (QED) is 0.917. The molecule has 0 aromatic heterocycles. The molecule has 2 aromatic rings. The minimum absolute atomic E-state index is 0.584. The van der Waals surface area contributed by atoms with Gasteiger partial charge in [-0.3, -0.25) is 0 Å². The molecule has 2 nitrogen and oxygen atoms in total. The lowest BCUT2D eigenvalue weighted by Crippen LogP contribution is -1.96. The van der Waals surface area contributed by atoms with Crippen LogP contribution in [0.4, 0.5) is 5.69 Å². The van der Waals surface area contributed by atoms with E-state index in [4.69, 9.17) is 4.74 Å². The molecule has 0 radical (unpaired) electrons. The van der Waals surface area contributed by atoms with E-state index in [0.717, 1.165) is 15.9 Å². The van der Waals surface area contributed by atoms with Crippen molar-refractivity contribution in [2.24, 2.45) is 0 Å². The summed E-state index contributed by atoms with van der Waals surface area (Å²) in [5, 5.41) is 3.10.